The van der Waals surface area contributed by atoms with Crippen LogP contribution in [0.4, 0.5) is 0 Å². The second-order valence-electron chi connectivity index (χ2n) is 3.74. The highest BCUT2D eigenvalue weighted by Gasteiger charge is 2.38. The van der Waals surface area contributed by atoms with Crippen molar-refractivity contribution in [1.82, 2.24) is 0 Å². The summed E-state index contributed by atoms with van der Waals surface area (Å²) in [6, 6.07) is 0. The number of carboxylic acid groups (broad SMARTS) is 2. The third-order valence-electron chi connectivity index (χ3n) is 2.55. The molecule has 2 atom stereocenters. The average molecular weight is 212 g/mol. The topological polar surface area (TPSA) is 94.8 Å². The van der Waals surface area contributed by atoms with E-state index in [0.717, 1.165) is 6.08 Å². The van der Waals surface area contributed by atoms with E-state index in [9.17, 15) is 9.59 Å². The first-order chi connectivity index (χ1) is 6.90. The molecule has 0 spiro atoms. The summed E-state index contributed by atoms with van der Waals surface area (Å²) in [6.45, 7) is 1.22. The van der Waals surface area contributed by atoms with Crippen LogP contribution in [-0.4, -0.2) is 33.9 Å². The molecule has 0 fully saturated rings. The van der Waals surface area contributed by atoms with Crippen LogP contribution < -0.4 is 0 Å². The molecule has 2 unspecified atom stereocenters. The maximum absolute atomic E-state index is 10.9. The second kappa shape index (κ2) is 3.86. The van der Waals surface area contributed by atoms with Crippen LogP contribution in [-0.2, 0) is 9.59 Å². The smallest absolute Gasteiger partial charge is 0.335 e. The summed E-state index contributed by atoms with van der Waals surface area (Å²) >= 11 is 0. The molecule has 0 aromatic carbocycles. The van der Waals surface area contributed by atoms with E-state index in [1.807, 2.05) is 0 Å². The van der Waals surface area contributed by atoms with Crippen LogP contribution >= 0.6 is 0 Å². The molecule has 1 aliphatic rings. The van der Waals surface area contributed by atoms with E-state index in [1.165, 1.54) is 12.2 Å². The normalized spacial score (nSPS) is 29.7. The van der Waals surface area contributed by atoms with Gasteiger partial charge in [-0.15, -0.1) is 0 Å². The number of hydrogen-bond donors (Lipinski definition) is 3. The summed E-state index contributed by atoms with van der Waals surface area (Å²) in [5.41, 5.74) is -1.00. The zero-order chi connectivity index (χ0) is 11.6. The van der Waals surface area contributed by atoms with Crippen LogP contribution in [0, 0.1) is 11.3 Å². The van der Waals surface area contributed by atoms with Gasteiger partial charge in [0.25, 0.3) is 0 Å². The van der Waals surface area contributed by atoms with E-state index in [-0.39, 0.29) is 12.2 Å². The molecule has 5 heteroatoms. The highest BCUT2D eigenvalue weighted by Crippen LogP contribution is 2.34. The lowest BCUT2D eigenvalue weighted by Crippen LogP contribution is -2.36. The van der Waals surface area contributed by atoms with Gasteiger partial charge in [0.05, 0.1) is 18.1 Å². The Morgan fingerprint density at radius 1 is 1.47 bits per heavy atom. The molecule has 0 saturated carbocycles. The molecular formula is C10H12O5. The number of carbonyl (C=O) groups is 2. The third-order valence-corrected chi connectivity index (χ3v) is 2.55. The van der Waals surface area contributed by atoms with Crippen molar-refractivity contribution in [3.63, 3.8) is 0 Å². The van der Waals surface area contributed by atoms with Gasteiger partial charge in [-0.25, -0.2) is 4.79 Å². The summed E-state index contributed by atoms with van der Waals surface area (Å²) in [5.74, 6) is -3.33. The molecule has 0 heterocycles. The largest absolute Gasteiger partial charge is 0.481 e. The summed E-state index contributed by atoms with van der Waals surface area (Å²) in [6.07, 6.45) is 3.90. The molecule has 3 N–H and O–H groups in total. The Morgan fingerprint density at radius 2 is 2.07 bits per heavy atom. The van der Waals surface area contributed by atoms with E-state index < -0.39 is 23.3 Å². The zero-order valence-corrected chi connectivity index (χ0v) is 8.17. The molecule has 0 radical (unpaired) electrons. The van der Waals surface area contributed by atoms with Crippen LogP contribution in [0.25, 0.3) is 0 Å². The molecule has 5 nitrogen and oxygen atoms in total. The maximum atomic E-state index is 10.9. The van der Waals surface area contributed by atoms with Gasteiger partial charge in [-0.2, -0.15) is 0 Å². The fraction of sp³-hybridized carbons (Fsp3) is 0.400. The Hall–Kier alpha value is -1.62. The van der Waals surface area contributed by atoms with Crippen molar-refractivity contribution in [3.05, 3.63) is 23.8 Å². The predicted octanol–water partition coefficient (Wildman–Crippen LogP) is 0.267. The summed E-state index contributed by atoms with van der Waals surface area (Å²) in [4.78, 5) is 21.6. The van der Waals surface area contributed by atoms with Gasteiger partial charge in [0, 0.05) is 5.41 Å². The van der Waals surface area contributed by atoms with Crippen LogP contribution in [0.3, 0.4) is 0 Å². The fourth-order valence-corrected chi connectivity index (χ4v) is 1.46. The van der Waals surface area contributed by atoms with Gasteiger partial charge in [0.15, 0.2) is 0 Å². The van der Waals surface area contributed by atoms with Gasteiger partial charge in [-0.1, -0.05) is 25.2 Å². The Morgan fingerprint density at radius 3 is 2.47 bits per heavy atom. The van der Waals surface area contributed by atoms with Crippen molar-refractivity contribution in [2.75, 3.05) is 6.61 Å². The fourth-order valence-electron chi connectivity index (χ4n) is 1.46. The number of aliphatic hydroxyl groups is 1. The summed E-state index contributed by atoms with van der Waals surface area (Å²) in [5, 5.41) is 26.7. The van der Waals surface area contributed by atoms with Gasteiger partial charge >= 0.3 is 11.9 Å². The van der Waals surface area contributed by atoms with Crippen molar-refractivity contribution in [2.24, 2.45) is 11.3 Å². The molecule has 0 saturated heterocycles. The van der Waals surface area contributed by atoms with Gasteiger partial charge in [0.1, 0.15) is 0 Å². The van der Waals surface area contributed by atoms with E-state index >= 15 is 0 Å². The lowest BCUT2D eigenvalue weighted by Gasteiger charge is -2.31. The minimum Gasteiger partial charge on any atom is -0.481 e. The van der Waals surface area contributed by atoms with Crippen LogP contribution in [0.15, 0.2) is 23.8 Å². The van der Waals surface area contributed by atoms with Crippen molar-refractivity contribution in [1.29, 1.82) is 0 Å². The minimum atomic E-state index is -1.17. The van der Waals surface area contributed by atoms with E-state index in [2.05, 4.69) is 0 Å². The number of carboxylic acids is 2. The first-order valence-electron chi connectivity index (χ1n) is 4.39. The summed E-state index contributed by atoms with van der Waals surface area (Å²) in [7, 11) is 0. The molecule has 0 aliphatic heterocycles. The minimum absolute atomic E-state index is 0.0617. The Labute approximate surface area is 86.3 Å². The standard InChI is InChI=1S/C10H12O5/c1-10(5-11)3-2-6(8(12)13)4-7(10)9(14)15/h2-4,7,11H,5H2,1H3,(H,12,13)(H,14,15). The molecule has 1 aliphatic carbocycles. The van der Waals surface area contributed by atoms with Crippen LogP contribution in [0.2, 0.25) is 0 Å². The van der Waals surface area contributed by atoms with Crippen LogP contribution in [0.5, 0.6) is 0 Å². The molecule has 15 heavy (non-hydrogen) atoms. The van der Waals surface area contributed by atoms with Gasteiger partial charge in [-0.05, 0) is 0 Å². The van der Waals surface area contributed by atoms with E-state index in [1.54, 1.807) is 6.92 Å². The number of aliphatic hydroxyl groups excluding tert-OH is 1. The lowest BCUT2D eigenvalue weighted by atomic mass is 9.73. The average Bonchev–Trinajstić information content (AvgIpc) is 2.17. The van der Waals surface area contributed by atoms with Crippen molar-refractivity contribution in [3.8, 4) is 0 Å². The number of rotatable bonds is 3. The number of aliphatic carboxylic acids is 2. The quantitative estimate of drug-likeness (QED) is 0.624. The van der Waals surface area contributed by atoms with Crippen LogP contribution in [0.1, 0.15) is 6.92 Å². The van der Waals surface area contributed by atoms with E-state index in [4.69, 9.17) is 15.3 Å². The molecule has 0 amide bonds. The van der Waals surface area contributed by atoms with Crippen molar-refractivity contribution < 1.29 is 24.9 Å². The third kappa shape index (κ3) is 2.07. The maximum Gasteiger partial charge on any atom is 0.335 e. The molecule has 1 rings (SSSR count). The monoisotopic (exact) mass is 212 g/mol. The molecule has 82 valence electrons. The van der Waals surface area contributed by atoms with Gasteiger partial charge in [0.2, 0.25) is 0 Å². The molecule has 0 aromatic heterocycles. The zero-order valence-electron chi connectivity index (χ0n) is 8.17. The lowest BCUT2D eigenvalue weighted by molar-refractivity contribution is -0.143. The number of hydrogen-bond acceptors (Lipinski definition) is 3. The summed E-state index contributed by atoms with van der Waals surface area (Å²) < 4.78 is 0. The molecular weight excluding hydrogens is 200 g/mol. The van der Waals surface area contributed by atoms with Gasteiger partial charge < -0.3 is 15.3 Å². The predicted molar refractivity (Wildman–Crippen MR) is 51.2 cm³/mol. The SMILES string of the molecule is CC1(CO)C=CC(C(=O)O)=CC1C(=O)O. The Bertz CT molecular complexity index is 355. The van der Waals surface area contributed by atoms with Crippen molar-refractivity contribution >= 4 is 11.9 Å². The highest BCUT2D eigenvalue weighted by molar-refractivity contribution is 5.92. The highest BCUT2D eigenvalue weighted by atomic mass is 16.4. The van der Waals surface area contributed by atoms with E-state index in [0.29, 0.717) is 0 Å². The first-order valence-corrected chi connectivity index (χ1v) is 4.39. The van der Waals surface area contributed by atoms with Gasteiger partial charge in [-0.3, -0.25) is 4.79 Å². The van der Waals surface area contributed by atoms with Crippen molar-refractivity contribution in [2.45, 2.75) is 6.92 Å². The Kier molecular flexibility index (Phi) is 2.95. The first kappa shape index (κ1) is 11.5. The molecule has 0 aromatic rings. The Balaban J connectivity index is 3.10. The second-order valence-corrected chi connectivity index (χ2v) is 3.74. The molecule has 0 bridgehead atoms.